The van der Waals surface area contributed by atoms with E-state index in [1.165, 1.54) is 0 Å². The van der Waals surface area contributed by atoms with E-state index in [0.29, 0.717) is 24.2 Å². The molecule has 0 fully saturated rings. The van der Waals surface area contributed by atoms with Crippen LogP contribution >= 0.6 is 0 Å². The lowest BCUT2D eigenvalue weighted by molar-refractivity contribution is 0.589. The van der Waals surface area contributed by atoms with E-state index in [0.717, 1.165) is 5.69 Å². The second-order valence-corrected chi connectivity index (χ2v) is 6.66. The number of hydrogen-bond acceptors (Lipinski definition) is 6. The van der Waals surface area contributed by atoms with Gasteiger partial charge in [-0.3, -0.25) is 0 Å². The van der Waals surface area contributed by atoms with Crippen LogP contribution in [-0.4, -0.2) is 30.2 Å². The van der Waals surface area contributed by atoms with Crippen LogP contribution in [-0.2, 0) is 28.4 Å². The zero-order valence-electron chi connectivity index (χ0n) is 9.68. The SMILES string of the molecule is CC(N)Cc1nc(N)c2c(n1)CCS(=O)(=O)C2. The molecule has 94 valence electrons. The Labute approximate surface area is 100 Å². The maximum absolute atomic E-state index is 11.5. The summed E-state index contributed by atoms with van der Waals surface area (Å²) in [5.41, 5.74) is 12.8. The molecule has 0 radical (unpaired) electrons. The highest BCUT2D eigenvalue weighted by Gasteiger charge is 2.25. The number of sulfone groups is 1. The van der Waals surface area contributed by atoms with E-state index in [1.54, 1.807) is 0 Å². The average Bonchev–Trinajstić information content (AvgIpc) is 2.18. The second kappa shape index (κ2) is 4.23. The van der Waals surface area contributed by atoms with Crippen molar-refractivity contribution in [2.24, 2.45) is 5.73 Å². The Morgan fingerprint density at radius 2 is 2.12 bits per heavy atom. The Kier molecular flexibility index (Phi) is 3.05. The highest BCUT2D eigenvalue weighted by molar-refractivity contribution is 7.90. The Morgan fingerprint density at radius 1 is 1.41 bits per heavy atom. The standard InChI is InChI=1S/C10H16N4O2S/c1-6(11)4-9-13-8-2-3-17(15,16)5-7(8)10(12)14-9/h6H,2-5,11H2,1H3,(H2,12,13,14). The van der Waals surface area contributed by atoms with Crippen LogP contribution in [0.25, 0.3) is 0 Å². The predicted octanol–water partition coefficient (Wildman–Crippen LogP) is -0.581. The molecule has 0 bridgehead atoms. The van der Waals surface area contributed by atoms with Gasteiger partial charge in [-0.05, 0) is 6.92 Å². The number of anilines is 1. The Hall–Kier alpha value is -1.21. The molecule has 4 N–H and O–H groups in total. The molecule has 0 aliphatic carbocycles. The van der Waals surface area contributed by atoms with E-state index in [4.69, 9.17) is 11.5 Å². The molecule has 2 heterocycles. The molecule has 2 rings (SSSR count). The van der Waals surface area contributed by atoms with Crippen molar-refractivity contribution >= 4 is 15.7 Å². The highest BCUT2D eigenvalue weighted by atomic mass is 32.2. The first-order valence-electron chi connectivity index (χ1n) is 5.47. The second-order valence-electron chi connectivity index (χ2n) is 4.47. The molecular weight excluding hydrogens is 240 g/mol. The van der Waals surface area contributed by atoms with Crippen LogP contribution in [0.3, 0.4) is 0 Å². The van der Waals surface area contributed by atoms with Gasteiger partial charge >= 0.3 is 0 Å². The molecule has 0 saturated heterocycles. The summed E-state index contributed by atoms with van der Waals surface area (Å²) in [6.45, 7) is 1.86. The molecule has 17 heavy (non-hydrogen) atoms. The van der Waals surface area contributed by atoms with Gasteiger partial charge in [0, 0.05) is 24.4 Å². The minimum Gasteiger partial charge on any atom is -0.383 e. The third kappa shape index (κ3) is 2.73. The van der Waals surface area contributed by atoms with Crippen LogP contribution in [0.2, 0.25) is 0 Å². The number of aromatic nitrogens is 2. The molecule has 1 aromatic heterocycles. The minimum absolute atomic E-state index is 0.0419. The van der Waals surface area contributed by atoms with Crippen molar-refractivity contribution in [3.63, 3.8) is 0 Å². The van der Waals surface area contributed by atoms with Crippen LogP contribution in [0.4, 0.5) is 5.82 Å². The van der Waals surface area contributed by atoms with Crippen LogP contribution < -0.4 is 11.5 Å². The van der Waals surface area contributed by atoms with Crippen LogP contribution in [0.15, 0.2) is 0 Å². The molecule has 1 aliphatic rings. The van der Waals surface area contributed by atoms with Crippen molar-refractivity contribution in [2.45, 2.75) is 31.6 Å². The highest BCUT2D eigenvalue weighted by Crippen LogP contribution is 2.23. The maximum atomic E-state index is 11.5. The van der Waals surface area contributed by atoms with Crippen molar-refractivity contribution in [3.05, 3.63) is 17.1 Å². The van der Waals surface area contributed by atoms with E-state index >= 15 is 0 Å². The molecule has 0 spiro atoms. The fourth-order valence-electron chi connectivity index (χ4n) is 1.89. The van der Waals surface area contributed by atoms with Gasteiger partial charge in [0.1, 0.15) is 11.6 Å². The summed E-state index contributed by atoms with van der Waals surface area (Å²) in [4.78, 5) is 8.46. The summed E-state index contributed by atoms with van der Waals surface area (Å²) in [5, 5.41) is 0. The van der Waals surface area contributed by atoms with Crippen molar-refractivity contribution in [2.75, 3.05) is 11.5 Å². The van der Waals surface area contributed by atoms with E-state index in [1.807, 2.05) is 6.92 Å². The number of hydrogen-bond donors (Lipinski definition) is 2. The first kappa shape index (κ1) is 12.3. The number of aryl methyl sites for hydroxylation is 1. The van der Waals surface area contributed by atoms with Gasteiger partial charge in [-0.15, -0.1) is 0 Å². The number of nitrogens with zero attached hydrogens (tertiary/aromatic N) is 2. The van der Waals surface area contributed by atoms with Crippen molar-refractivity contribution in [1.29, 1.82) is 0 Å². The number of nitrogens with two attached hydrogens (primary N) is 2. The number of rotatable bonds is 2. The van der Waals surface area contributed by atoms with Gasteiger partial charge in [0.05, 0.1) is 17.2 Å². The number of fused-ring (bicyclic) bond motifs is 1. The van der Waals surface area contributed by atoms with Gasteiger partial charge in [-0.2, -0.15) is 0 Å². The van der Waals surface area contributed by atoms with E-state index in [-0.39, 0.29) is 23.4 Å². The van der Waals surface area contributed by atoms with E-state index < -0.39 is 9.84 Å². The normalized spacial score (nSPS) is 19.6. The Morgan fingerprint density at radius 3 is 2.76 bits per heavy atom. The summed E-state index contributed by atoms with van der Waals surface area (Å²) in [6.07, 6.45) is 0.959. The van der Waals surface area contributed by atoms with Crippen molar-refractivity contribution in [1.82, 2.24) is 9.97 Å². The number of nitrogen functional groups attached to an aromatic ring is 1. The molecule has 7 heteroatoms. The lowest BCUT2D eigenvalue weighted by Gasteiger charge is -2.18. The molecule has 0 amide bonds. The fraction of sp³-hybridized carbons (Fsp3) is 0.600. The van der Waals surface area contributed by atoms with E-state index in [9.17, 15) is 8.42 Å². The van der Waals surface area contributed by atoms with Gasteiger partial charge < -0.3 is 11.5 Å². The predicted molar refractivity (Wildman–Crippen MR) is 65.0 cm³/mol. The topological polar surface area (TPSA) is 112 Å². The summed E-state index contributed by atoms with van der Waals surface area (Å²) in [7, 11) is -3.04. The molecule has 6 nitrogen and oxygen atoms in total. The van der Waals surface area contributed by atoms with Crippen LogP contribution in [0.5, 0.6) is 0 Å². The Bertz CT molecular complexity index is 539. The van der Waals surface area contributed by atoms with Crippen molar-refractivity contribution < 1.29 is 8.42 Å². The quantitative estimate of drug-likeness (QED) is 0.732. The molecule has 1 unspecified atom stereocenters. The van der Waals surface area contributed by atoms with Gasteiger partial charge in [0.15, 0.2) is 9.84 Å². The van der Waals surface area contributed by atoms with Crippen molar-refractivity contribution in [3.8, 4) is 0 Å². The lowest BCUT2D eigenvalue weighted by atomic mass is 10.1. The molecule has 1 aliphatic heterocycles. The molecular formula is C10H16N4O2S. The van der Waals surface area contributed by atoms with Gasteiger partial charge in [-0.1, -0.05) is 0 Å². The smallest absolute Gasteiger partial charge is 0.155 e. The van der Waals surface area contributed by atoms with Gasteiger partial charge in [-0.25, -0.2) is 18.4 Å². The molecule has 1 aromatic rings. The summed E-state index contributed by atoms with van der Waals surface area (Å²) >= 11 is 0. The molecule has 0 saturated carbocycles. The Balaban J connectivity index is 2.40. The van der Waals surface area contributed by atoms with Crippen LogP contribution in [0, 0.1) is 0 Å². The summed E-state index contributed by atoms with van der Waals surface area (Å²) in [6, 6.07) is -0.0419. The molecule has 1 atom stereocenters. The van der Waals surface area contributed by atoms with Gasteiger partial charge in [0.2, 0.25) is 0 Å². The summed E-state index contributed by atoms with van der Waals surface area (Å²) < 4.78 is 23.0. The lowest BCUT2D eigenvalue weighted by Crippen LogP contribution is -2.25. The zero-order valence-corrected chi connectivity index (χ0v) is 10.5. The third-order valence-electron chi connectivity index (χ3n) is 2.69. The largest absolute Gasteiger partial charge is 0.383 e. The van der Waals surface area contributed by atoms with Gasteiger partial charge in [0.25, 0.3) is 0 Å². The monoisotopic (exact) mass is 256 g/mol. The summed E-state index contributed by atoms with van der Waals surface area (Å²) in [5.74, 6) is 0.949. The minimum atomic E-state index is -3.04. The van der Waals surface area contributed by atoms with E-state index in [2.05, 4.69) is 9.97 Å². The average molecular weight is 256 g/mol. The first-order valence-corrected chi connectivity index (χ1v) is 7.29. The third-order valence-corrected chi connectivity index (χ3v) is 4.24. The zero-order chi connectivity index (χ0) is 12.6. The fourth-order valence-corrected chi connectivity index (χ4v) is 3.29. The first-order chi connectivity index (χ1) is 7.87. The van der Waals surface area contributed by atoms with Crippen LogP contribution in [0.1, 0.15) is 24.0 Å². The maximum Gasteiger partial charge on any atom is 0.155 e. The molecule has 0 aromatic carbocycles.